The lowest BCUT2D eigenvalue weighted by atomic mass is 9.77. The fourth-order valence-electron chi connectivity index (χ4n) is 4.30. The minimum atomic E-state index is 0.224. The largest absolute Gasteiger partial charge is 0.504 e. The zero-order valence-corrected chi connectivity index (χ0v) is 14.5. The number of benzene rings is 2. The van der Waals surface area contributed by atoms with Crippen LogP contribution in [0.25, 0.3) is 11.1 Å². The maximum Gasteiger partial charge on any atom is 0.168 e. The van der Waals surface area contributed by atoms with E-state index in [1.54, 1.807) is 7.11 Å². The topological polar surface area (TPSA) is 50.7 Å². The van der Waals surface area contributed by atoms with Crippen molar-refractivity contribution in [3.05, 3.63) is 41.0 Å². The van der Waals surface area contributed by atoms with Gasteiger partial charge in [-0.3, -0.25) is 0 Å². The van der Waals surface area contributed by atoms with Gasteiger partial charge in [0.1, 0.15) is 5.75 Å². The van der Waals surface area contributed by atoms with Gasteiger partial charge in [-0.2, -0.15) is 0 Å². The third-order valence-corrected chi connectivity index (χ3v) is 5.68. The monoisotopic (exact) mass is 337 g/mol. The van der Waals surface area contributed by atoms with Crippen molar-refractivity contribution in [3.8, 4) is 28.4 Å². The standard InChI is InChI=1S/C21H23NO3/c1-24-21-16(23)10-14-7-8-22-15-9-13-3-2-4-17(25-11-12-5-6-12)19(13)20(21)18(14)15/h2-4,10,12,15,22-23H,5-9,11H2,1H3. The van der Waals surface area contributed by atoms with E-state index in [0.29, 0.717) is 11.7 Å². The Morgan fingerprint density at radius 2 is 2.08 bits per heavy atom. The number of rotatable bonds is 4. The number of phenols is 1. The Labute approximate surface area is 147 Å². The molecule has 130 valence electrons. The van der Waals surface area contributed by atoms with E-state index in [-0.39, 0.29) is 11.8 Å². The molecule has 0 radical (unpaired) electrons. The molecule has 0 saturated heterocycles. The highest BCUT2D eigenvalue weighted by molar-refractivity contribution is 5.87. The Kier molecular flexibility index (Phi) is 3.42. The number of aromatic hydroxyl groups is 1. The molecule has 0 amide bonds. The molecule has 2 aliphatic carbocycles. The number of phenolic OH excluding ortho intramolecular Hbond substituents is 1. The van der Waals surface area contributed by atoms with Crippen LogP contribution in [0.5, 0.6) is 17.2 Å². The smallest absolute Gasteiger partial charge is 0.168 e. The van der Waals surface area contributed by atoms with Crippen molar-refractivity contribution in [2.45, 2.75) is 31.7 Å². The molecule has 2 aromatic rings. The Morgan fingerprint density at radius 3 is 2.88 bits per heavy atom. The minimum Gasteiger partial charge on any atom is -0.504 e. The van der Waals surface area contributed by atoms with E-state index in [1.165, 1.54) is 29.5 Å². The lowest BCUT2D eigenvalue weighted by Gasteiger charge is -2.36. The molecule has 0 bridgehead atoms. The molecule has 4 heteroatoms. The number of hydrogen-bond acceptors (Lipinski definition) is 4. The number of nitrogens with one attached hydrogen (secondary N) is 1. The second-order valence-electron chi connectivity index (χ2n) is 7.38. The van der Waals surface area contributed by atoms with E-state index in [4.69, 9.17) is 9.47 Å². The predicted molar refractivity (Wildman–Crippen MR) is 96.5 cm³/mol. The van der Waals surface area contributed by atoms with Gasteiger partial charge in [-0.15, -0.1) is 0 Å². The van der Waals surface area contributed by atoms with E-state index in [0.717, 1.165) is 42.9 Å². The van der Waals surface area contributed by atoms with Crippen LogP contribution in [0.2, 0.25) is 0 Å². The molecule has 1 heterocycles. The first-order valence-electron chi connectivity index (χ1n) is 9.17. The van der Waals surface area contributed by atoms with Crippen molar-refractivity contribution in [2.24, 2.45) is 5.92 Å². The average Bonchev–Trinajstić information content (AvgIpc) is 3.44. The molecular weight excluding hydrogens is 314 g/mol. The highest BCUT2D eigenvalue weighted by Gasteiger charge is 2.35. The Morgan fingerprint density at radius 1 is 1.20 bits per heavy atom. The molecule has 0 aromatic heterocycles. The summed E-state index contributed by atoms with van der Waals surface area (Å²) < 4.78 is 11.8. The summed E-state index contributed by atoms with van der Waals surface area (Å²) in [4.78, 5) is 0. The van der Waals surface area contributed by atoms with Crippen LogP contribution in [0.1, 0.15) is 35.6 Å². The summed E-state index contributed by atoms with van der Waals surface area (Å²) in [7, 11) is 1.63. The highest BCUT2D eigenvalue weighted by Crippen LogP contribution is 2.53. The van der Waals surface area contributed by atoms with Gasteiger partial charge < -0.3 is 19.9 Å². The summed E-state index contributed by atoms with van der Waals surface area (Å²) in [6.07, 6.45) is 4.42. The van der Waals surface area contributed by atoms with Gasteiger partial charge in [-0.25, -0.2) is 0 Å². The maximum absolute atomic E-state index is 10.5. The normalized spacial score (nSPS) is 20.6. The first-order valence-corrected chi connectivity index (χ1v) is 9.17. The molecule has 0 spiro atoms. The summed E-state index contributed by atoms with van der Waals surface area (Å²) in [6, 6.07) is 8.45. The molecule has 2 N–H and O–H groups in total. The van der Waals surface area contributed by atoms with E-state index in [9.17, 15) is 5.11 Å². The van der Waals surface area contributed by atoms with Crippen molar-refractivity contribution in [3.63, 3.8) is 0 Å². The van der Waals surface area contributed by atoms with Gasteiger partial charge in [0.05, 0.1) is 13.7 Å². The molecule has 3 aliphatic rings. The number of ether oxygens (including phenoxy) is 2. The molecule has 4 nitrogen and oxygen atoms in total. The van der Waals surface area contributed by atoms with Crippen LogP contribution in [0, 0.1) is 5.92 Å². The number of methoxy groups -OCH3 is 1. The first-order chi connectivity index (χ1) is 12.3. The molecule has 2 aromatic carbocycles. The molecule has 1 fully saturated rings. The fourth-order valence-corrected chi connectivity index (χ4v) is 4.30. The summed E-state index contributed by atoms with van der Waals surface area (Å²) >= 11 is 0. The fraction of sp³-hybridized carbons (Fsp3) is 0.429. The summed E-state index contributed by atoms with van der Waals surface area (Å²) in [5, 5.41) is 14.2. The van der Waals surface area contributed by atoms with Crippen molar-refractivity contribution in [1.82, 2.24) is 5.32 Å². The zero-order valence-electron chi connectivity index (χ0n) is 14.5. The maximum atomic E-state index is 10.5. The predicted octanol–water partition coefficient (Wildman–Crippen LogP) is 3.60. The van der Waals surface area contributed by atoms with Crippen molar-refractivity contribution in [2.75, 3.05) is 20.3 Å². The van der Waals surface area contributed by atoms with E-state index >= 15 is 0 Å². The SMILES string of the molecule is COc1c(O)cc2c3c1-c1c(cccc1OCC1CC1)CC3NCC2. The Bertz CT molecular complexity index is 842. The van der Waals surface area contributed by atoms with Crippen LogP contribution in [0.4, 0.5) is 0 Å². The third kappa shape index (κ3) is 2.39. The Hall–Kier alpha value is -2.20. The minimum absolute atomic E-state index is 0.224. The van der Waals surface area contributed by atoms with E-state index < -0.39 is 0 Å². The van der Waals surface area contributed by atoms with Gasteiger partial charge >= 0.3 is 0 Å². The third-order valence-electron chi connectivity index (χ3n) is 5.68. The summed E-state index contributed by atoms with van der Waals surface area (Å²) in [5.41, 5.74) is 5.88. The molecule has 1 atom stereocenters. The average molecular weight is 337 g/mol. The highest BCUT2D eigenvalue weighted by atomic mass is 16.5. The molecular formula is C21H23NO3. The summed E-state index contributed by atoms with van der Waals surface area (Å²) in [5.74, 6) is 2.41. The van der Waals surface area contributed by atoms with Crippen LogP contribution in [-0.2, 0) is 12.8 Å². The quantitative estimate of drug-likeness (QED) is 0.895. The molecule has 1 saturated carbocycles. The van der Waals surface area contributed by atoms with Crippen LogP contribution >= 0.6 is 0 Å². The van der Waals surface area contributed by atoms with Gasteiger partial charge in [0, 0.05) is 17.2 Å². The van der Waals surface area contributed by atoms with Gasteiger partial charge in [0.2, 0.25) is 0 Å². The van der Waals surface area contributed by atoms with Gasteiger partial charge in [-0.05, 0) is 67.0 Å². The Balaban J connectivity index is 1.73. The lowest BCUT2D eigenvalue weighted by molar-refractivity contribution is 0.300. The van der Waals surface area contributed by atoms with E-state index in [2.05, 4.69) is 17.4 Å². The molecule has 25 heavy (non-hydrogen) atoms. The first kappa shape index (κ1) is 15.1. The zero-order chi connectivity index (χ0) is 17.0. The number of fused-ring (bicyclic) bond motifs is 2. The van der Waals surface area contributed by atoms with Gasteiger partial charge in [0.25, 0.3) is 0 Å². The van der Waals surface area contributed by atoms with Crippen molar-refractivity contribution >= 4 is 0 Å². The van der Waals surface area contributed by atoms with Gasteiger partial charge in [0.15, 0.2) is 11.5 Å². The van der Waals surface area contributed by atoms with Crippen LogP contribution in [0.3, 0.4) is 0 Å². The second-order valence-corrected chi connectivity index (χ2v) is 7.38. The van der Waals surface area contributed by atoms with Gasteiger partial charge in [-0.1, -0.05) is 12.1 Å². The van der Waals surface area contributed by atoms with Crippen LogP contribution in [0.15, 0.2) is 24.3 Å². The van der Waals surface area contributed by atoms with Crippen LogP contribution < -0.4 is 14.8 Å². The van der Waals surface area contributed by atoms with E-state index in [1.807, 2.05) is 12.1 Å². The molecule has 5 rings (SSSR count). The lowest BCUT2D eigenvalue weighted by Crippen LogP contribution is -2.34. The van der Waals surface area contributed by atoms with Crippen molar-refractivity contribution < 1.29 is 14.6 Å². The molecule has 1 aliphatic heterocycles. The second kappa shape index (κ2) is 5.67. The van der Waals surface area contributed by atoms with Crippen molar-refractivity contribution in [1.29, 1.82) is 0 Å². The van der Waals surface area contributed by atoms with Crippen LogP contribution in [-0.4, -0.2) is 25.4 Å². The summed E-state index contributed by atoms with van der Waals surface area (Å²) in [6.45, 7) is 1.72. The molecule has 1 unspecified atom stereocenters. The number of hydrogen-bond donors (Lipinski definition) is 2.